The topological polar surface area (TPSA) is 19.4 Å². The van der Waals surface area contributed by atoms with Gasteiger partial charge in [0.25, 0.3) is 0 Å². The maximum atomic E-state index is 7.81. The Morgan fingerprint density at radius 1 is 0.275 bits per heavy atom. The molecule has 0 saturated heterocycles. The van der Waals surface area contributed by atoms with Crippen molar-refractivity contribution >= 4 is 0 Å². The largest absolute Gasteiger partial charge is 0.212 e. The zero-order valence-corrected chi connectivity index (χ0v) is 50.4. The fourth-order valence-corrected chi connectivity index (χ4v) is 9.63. The molecule has 5 heterocycles. The van der Waals surface area contributed by atoms with Gasteiger partial charge in [0.15, 0.2) is 31.0 Å². The molecule has 0 amide bonds. The molecule has 0 saturated carbocycles. The van der Waals surface area contributed by atoms with Crippen LogP contribution in [0.1, 0.15) is 98.5 Å². The molecule has 0 N–H and O–H groups in total. The number of hydrogen-bond acceptors (Lipinski definition) is 0. The molecule has 0 aliphatic heterocycles. The van der Waals surface area contributed by atoms with Crippen LogP contribution in [0.4, 0.5) is 0 Å². The van der Waals surface area contributed by atoms with Crippen LogP contribution in [0.15, 0.2) is 213 Å². The van der Waals surface area contributed by atoms with Crippen LogP contribution in [0.5, 0.6) is 0 Å². The number of benzene rings is 5. The molecule has 5 aromatic heterocycles. The van der Waals surface area contributed by atoms with Crippen LogP contribution in [0.25, 0.3) is 56.3 Å². The van der Waals surface area contributed by atoms with E-state index in [9.17, 15) is 0 Å². The minimum Gasteiger partial charge on any atom is -0.201 e. The SMILES string of the molecule is CCc1cc[n+](C)c(-c2ccccc2C)c1.CCc1ccc(-c2ccccc2C)[n+](C)c1.[2H]C([2H])(C)c1cc[n+](C)c(-c2ccccc2C)c1.[2H]C([2H])(C)c1ccc(-c2cccc[n+]2C)c(C)c1.[2H]C([2H])(C)c1ccc(-c2ccccc2C)[n+](C)c1. The van der Waals surface area contributed by atoms with Gasteiger partial charge in [0.1, 0.15) is 35.2 Å². The van der Waals surface area contributed by atoms with Gasteiger partial charge >= 0.3 is 0 Å². The minimum absolute atomic E-state index is 0.697. The predicted molar refractivity (Wildman–Crippen MR) is 336 cm³/mol. The van der Waals surface area contributed by atoms with Crippen molar-refractivity contribution in [3.05, 3.63) is 269 Å². The Morgan fingerprint density at radius 3 is 1.02 bits per heavy atom. The maximum absolute atomic E-state index is 7.81. The number of hydrogen-bond donors (Lipinski definition) is 0. The Kier molecular flexibility index (Phi) is 19.9. The summed E-state index contributed by atoms with van der Waals surface area (Å²) >= 11 is 0. The first-order valence-electron chi connectivity index (χ1n) is 30.9. The summed E-state index contributed by atoms with van der Waals surface area (Å²) in [6.45, 7) is 19.6. The maximum Gasteiger partial charge on any atom is 0.212 e. The van der Waals surface area contributed by atoms with Crippen molar-refractivity contribution in [2.24, 2.45) is 35.2 Å². The first kappa shape index (κ1) is 52.5. The summed E-state index contributed by atoms with van der Waals surface area (Å²) in [5.41, 5.74) is 23.0. The van der Waals surface area contributed by atoms with E-state index >= 15 is 0 Å². The van der Waals surface area contributed by atoms with Crippen LogP contribution in [-0.2, 0) is 67.2 Å². The van der Waals surface area contributed by atoms with E-state index in [1.807, 2.05) is 135 Å². The zero-order valence-electron chi connectivity index (χ0n) is 56.4. The first-order valence-corrected chi connectivity index (χ1v) is 27.9. The summed E-state index contributed by atoms with van der Waals surface area (Å²) in [7, 11) is 10.2. The summed E-state index contributed by atoms with van der Waals surface area (Å²) in [5.74, 6) is 0. The fourth-order valence-electron chi connectivity index (χ4n) is 9.63. The van der Waals surface area contributed by atoms with Gasteiger partial charge in [0.2, 0.25) is 28.5 Å². The van der Waals surface area contributed by atoms with Gasteiger partial charge in [-0.2, -0.15) is 0 Å². The number of pyridine rings is 5. The lowest BCUT2D eigenvalue weighted by Gasteiger charge is -2.06. The Labute approximate surface area is 490 Å². The van der Waals surface area contributed by atoms with E-state index in [0.29, 0.717) is 11.1 Å². The Hall–Kier alpha value is -8.15. The van der Waals surface area contributed by atoms with Gasteiger partial charge in [-0.25, -0.2) is 22.8 Å². The van der Waals surface area contributed by atoms with E-state index in [4.69, 9.17) is 8.22 Å². The molecule has 410 valence electrons. The van der Waals surface area contributed by atoms with Gasteiger partial charge in [-0.3, -0.25) is 0 Å². The lowest BCUT2D eigenvalue weighted by atomic mass is 10.0. The average Bonchev–Trinajstić information content (AvgIpc) is 1.40. The molecule has 10 aromatic rings. The van der Waals surface area contributed by atoms with Crippen LogP contribution in [-0.4, -0.2) is 0 Å². The summed E-state index contributed by atoms with van der Waals surface area (Å²) in [6.07, 6.45) is 8.40. The molecule has 10 rings (SSSR count). The molecule has 0 aliphatic carbocycles. The van der Waals surface area contributed by atoms with Crippen LogP contribution in [0.3, 0.4) is 0 Å². The molecule has 0 bridgehead atoms. The third kappa shape index (κ3) is 16.5. The highest BCUT2D eigenvalue weighted by molar-refractivity contribution is 5.64. The number of aromatic nitrogens is 5. The minimum atomic E-state index is -1.31. The molecular weight excluding hydrogens is 971 g/mol. The lowest BCUT2D eigenvalue weighted by molar-refractivity contribution is -0.660. The molecular formula is C75H90N5+5. The number of nitrogens with zero attached hydrogens (tertiary/aromatic N) is 5. The number of rotatable bonds is 10. The van der Waals surface area contributed by atoms with E-state index in [-0.39, 0.29) is 0 Å². The zero-order chi connectivity index (χ0) is 63.1. The van der Waals surface area contributed by atoms with Crippen molar-refractivity contribution in [1.29, 1.82) is 0 Å². The first-order chi connectivity index (χ1) is 40.6. The molecule has 0 fully saturated rings. The standard InChI is InChI=1S/5C15H18N/c1-4-13-8-9-14(12(2)11-13)15-7-5-6-10-16(15)3;2*1-4-13-9-10-16(3)15(11-13)14-8-6-5-7-12(14)2;2*1-4-13-9-10-15(16(3)11-13)14-8-6-5-7-12(14)2/h5*5-11H,4H2,1-3H3/q5*+1/i2*4D2;;4D2;. The highest BCUT2D eigenvalue weighted by Gasteiger charge is 2.16. The van der Waals surface area contributed by atoms with E-state index in [2.05, 4.69) is 185 Å². The third-order valence-electron chi connectivity index (χ3n) is 14.6. The lowest BCUT2D eigenvalue weighted by Crippen LogP contribution is -2.31. The summed E-state index contributed by atoms with van der Waals surface area (Å²) in [4.78, 5) is 0. The second kappa shape index (κ2) is 30.3. The van der Waals surface area contributed by atoms with Gasteiger partial charge in [-0.1, -0.05) is 120 Å². The van der Waals surface area contributed by atoms with E-state index in [1.54, 1.807) is 20.8 Å². The predicted octanol–water partition coefficient (Wildman–Crippen LogP) is 15.2. The van der Waals surface area contributed by atoms with E-state index < -0.39 is 19.1 Å². The molecule has 5 nitrogen and oxygen atoms in total. The van der Waals surface area contributed by atoms with Crippen LogP contribution in [0.2, 0.25) is 0 Å². The van der Waals surface area contributed by atoms with Crippen LogP contribution in [0, 0.1) is 34.6 Å². The van der Waals surface area contributed by atoms with Gasteiger partial charge in [-0.05, 0) is 160 Å². The molecule has 0 aliphatic rings. The van der Waals surface area contributed by atoms with Crippen molar-refractivity contribution in [1.82, 2.24) is 0 Å². The number of aryl methyl sites for hydroxylation is 15. The second-order valence-corrected chi connectivity index (χ2v) is 20.3. The molecule has 80 heavy (non-hydrogen) atoms. The third-order valence-corrected chi connectivity index (χ3v) is 14.6. The monoisotopic (exact) mass is 1070 g/mol. The smallest absolute Gasteiger partial charge is 0.201 e. The summed E-state index contributed by atoms with van der Waals surface area (Å²) in [5, 5.41) is 0. The summed E-state index contributed by atoms with van der Waals surface area (Å²) < 4.78 is 57.1. The molecule has 5 aromatic carbocycles. The van der Waals surface area contributed by atoms with Crippen molar-refractivity contribution in [3.8, 4) is 56.3 Å². The highest BCUT2D eigenvalue weighted by atomic mass is 14.9. The van der Waals surface area contributed by atoms with Crippen molar-refractivity contribution in [3.63, 3.8) is 0 Å². The highest BCUT2D eigenvalue weighted by Crippen LogP contribution is 2.25. The normalized spacial score (nSPS) is 12.1. The quantitative estimate of drug-likeness (QED) is 0.122. The molecule has 0 unspecified atom stereocenters. The fraction of sp³-hybridized carbons (Fsp3) is 0.267. The summed E-state index contributed by atoms with van der Waals surface area (Å²) in [6, 6.07) is 61.8. The van der Waals surface area contributed by atoms with Crippen molar-refractivity contribution in [2.75, 3.05) is 0 Å². The Morgan fingerprint density at radius 2 is 0.613 bits per heavy atom. The molecule has 5 heteroatoms. The van der Waals surface area contributed by atoms with Gasteiger partial charge in [0.05, 0.1) is 0 Å². The molecule has 0 radical (unpaired) electrons. The molecule has 0 spiro atoms. The van der Waals surface area contributed by atoms with Crippen molar-refractivity contribution < 1.29 is 31.1 Å². The van der Waals surface area contributed by atoms with Crippen LogP contribution < -0.4 is 22.8 Å². The van der Waals surface area contributed by atoms with Gasteiger partial charge in [0, 0.05) is 95.7 Å². The van der Waals surface area contributed by atoms with Gasteiger partial charge in [-0.15, -0.1) is 0 Å². The van der Waals surface area contributed by atoms with E-state index in [0.717, 1.165) is 52.2 Å². The Bertz CT molecular complexity index is 3780. The van der Waals surface area contributed by atoms with Gasteiger partial charge < -0.3 is 0 Å². The average molecular weight is 1070 g/mol. The molecule has 0 atom stereocenters. The van der Waals surface area contributed by atoms with Crippen molar-refractivity contribution in [2.45, 2.75) is 101 Å². The Balaban J connectivity index is 0.000000172. The van der Waals surface area contributed by atoms with Crippen LogP contribution >= 0.6 is 0 Å². The van der Waals surface area contributed by atoms with E-state index in [1.165, 1.54) is 61.5 Å². The second-order valence-electron chi connectivity index (χ2n) is 20.3.